The summed E-state index contributed by atoms with van der Waals surface area (Å²) < 4.78 is 0. The van der Waals surface area contributed by atoms with Crippen molar-refractivity contribution in [2.75, 3.05) is 0 Å². The second kappa shape index (κ2) is 4.57. The monoisotopic (exact) mass is 234 g/mol. The van der Waals surface area contributed by atoms with Crippen LogP contribution in [0.3, 0.4) is 0 Å². The van der Waals surface area contributed by atoms with Crippen molar-refractivity contribution < 1.29 is 0 Å². The SMILES string of the molecule is Cc1ccc(Cc2ccc3cccnc3n2)cc1. The summed E-state index contributed by atoms with van der Waals surface area (Å²) in [5.74, 6) is 0. The zero-order chi connectivity index (χ0) is 12.4. The first-order valence-electron chi connectivity index (χ1n) is 6.07. The van der Waals surface area contributed by atoms with Crippen LogP contribution in [0, 0.1) is 6.92 Å². The molecule has 0 saturated carbocycles. The fourth-order valence-corrected chi connectivity index (χ4v) is 2.01. The van der Waals surface area contributed by atoms with Crippen LogP contribution in [0.4, 0.5) is 0 Å². The Bertz CT molecular complexity index is 672. The van der Waals surface area contributed by atoms with Gasteiger partial charge < -0.3 is 0 Å². The maximum Gasteiger partial charge on any atom is 0.159 e. The van der Waals surface area contributed by atoms with Crippen molar-refractivity contribution in [3.8, 4) is 0 Å². The molecule has 0 atom stereocenters. The fraction of sp³-hybridized carbons (Fsp3) is 0.125. The molecule has 18 heavy (non-hydrogen) atoms. The summed E-state index contributed by atoms with van der Waals surface area (Å²) in [4.78, 5) is 8.87. The van der Waals surface area contributed by atoms with Gasteiger partial charge in [0, 0.05) is 23.7 Å². The lowest BCUT2D eigenvalue weighted by Crippen LogP contribution is -1.93. The molecule has 3 rings (SSSR count). The van der Waals surface area contributed by atoms with E-state index < -0.39 is 0 Å². The van der Waals surface area contributed by atoms with Gasteiger partial charge in [-0.15, -0.1) is 0 Å². The van der Waals surface area contributed by atoms with E-state index in [-0.39, 0.29) is 0 Å². The number of fused-ring (bicyclic) bond motifs is 1. The number of benzene rings is 1. The first-order valence-corrected chi connectivity index (χ1v) is 6.07. The number of aryl methyl sites for hydroxylation is 1. The van der Waals surface area contributed by atoms with Crippen LogP contribution in [-0.4, -0.2) is 9.97 Å². The molecule has 88 valence electrons. The van der Waals surface area contributed by atoms with Crippen LogP contribution in [0.25, 0.3) is 11.0 Å². The second-order valence-corrected chi connectivity index (χ2v) is 4.52. The third-order valence-corrected chi connectivity index (χ3v) is 3.03. The Labute approximate surface area is 106 Å². The van der Waals surface area contributed by atoms with Crippen LogP contribution < -0.4 is 0 Å². The van der Waals surface area contributed by atoms with E-state index in [1.165, 1.54) is 11.1 Å². The van der Waals surface area contributed by atoms with Gasteiger partial charge in [0.2, 0.25) is 0 Å². The van der Waals surface area contributed by atoms with E-state index in [1.807, 2.05) is 12.1 Å². The predicted molar refractivity (Wildman–Crippen MR) is 73.5 cm³/mol. The highest BCUT2D eigenvalue weighted by Crippen LogP contribution is 2.13. The zero-order valence-corrected chi connectivity index (χ0v) is 10.3. The molecule has 0 aliphatic rings. The van der Waals surface area contributed by atoms with Gasteiger partial charge in [0.05, 0.1) is 0 Å². The Kier molecular flexibility index (Phi) is 2.77. The quantitative estimate of drug-likeness (QED) is 0.678. The molecule has 0 fully saturated rings. The third kappa shape index (κ3) is 2.23. The molecule has 0 saturated heterocycles. The average molecular weight is 234 g/mol. The van der Waals surface area contributed by atoms with Crippen molar-refractivity contribution in [2.24, 2.45) is 0 Å². The number of nitrogens with zero attached hydrogens (tertiary/aromatic N) is 2. The van der Waals surface area contributed by atoms with Gasteiger partial charge in [-0.2, -0.15) is 0 Å². The molecule has 0 N–H and O–H groups in total. The Morgan fingerprint density at radius 1 is 0.944 bits per heavy atom. The van der Waals surface area contributed by atoms with Crippen LogP contribution in [0.2, 0.25) is 0 Å². The molecule has 0 aliphatic heterocycles. The lowest BCUT2D eigenvalue weighted by Gasteiger charge is -2.03. The highest BCUT2D eigenvalue weighted by Gasteiger charge is 2.00. The van der Waals surface area contributed by atoms with Gasteiger partial charge in [-0.1, -0.05) is 29.8 Å². The Morgan fingerprint density at radius 3 is 2.61 bits per heavy atom. The molecule has 3 aromatic rings. The van der Waals surface area contributed by atoms with Gasteiger partial charge >= 0.3 is 0 Å². The van der Waals surface area contributed by atoms with Gasteiger partial charge in [0.25, 0.3) is 0 Å². The van der Waals surface area contributed by atoms with E-state index in [1.54, 1.807) is 6.20 Å². The second-order valence-electron chi connectivity index (χ2n) is 4.52. The van der Waals surface area contributed by atoms with Crippen molar-refractivity contribution in [3.05, 3.63) is 71.5 Å². The summed E-state index contributed by atoms with van der Waals surface area (Å²) in [5, 5.41) is 1.09. The topological polar surface area (TPSA) is 25.8 Å². The van der Waals surface area contributed by atoms with Crippen molar-refractivity contribution in [2.45, 2.75) is 13.3 Å². The van der Waals surface area contributed by atoms with Gasteiger partial charge in [-0.25, -0.2) is 9.97 Å². The molecular weight excluding hydrogens is 220 g/mol. The number of hydrogen-bond acceptors (Lipinski definition) is 2. The van der Waals surface area contributed by atoms with Crippen molar-refractivity contribution in [3.63, 3.8) is 0 Å². The van der Waals surface area contributed by atoms with E-state index in [0.29, 0.717) is 0 Å². The summed E-state index contributed by atoms with van der Waals surface area (Å²) in [7, 11) is 0. The molecule has 0 spiro atoms. The fourth-order valence-electron chi connectivity index (χ4n) is 2.01. The molecule has 2 nitrogen and oxygen atoms in total. The standard InChI is InChI=1S/C16H14N2/c1-12-4-6-13(7-5-12)11-15-9-8-14-3-2-10-17-16(14)18-15/h2-10H,11H2,1H3. The van der Waals surface area contributed by atoms with E-state index in [9.17, 15) is 0 Å². The van der Waals surface area contributed by atoms with Crippen LogP contribution in [-0.2, 0) is 6.42 Å². The summed E-state index contributed by atoms with van der Waals surface area (Å²) in [6.07, 6.45) is 2.64. The Hall–Kier alpha value is -2.22. The molecule has 2 heterocycles. The first-order chi connectivity index (χ1) is 8.81. The van der Waals surface area contributed by atoms with E-state index >= 15 is 0 Å². The zero-order valence-electron chi connectivity index (χ0n) is 10.3. The highest BCUT2D eigenvalue weighted by molar-refractivity contribution is 5.74. The first kappa shape index (κ1) is 10.9. The minimum atomic E-state index is 0.821. The minimum Gasteiger partial charge on any atom is -0.237 e. The van der Waals surface area contributed by atoms with Crippen LogP contribution in [0.15, 0.2) is 54.7 Å². The molecule has 1 aromatic carbocycles. The van der Waals surface area contributed by atoms with Crippen molar-refractivity contribution in [1.29, 1.82) is 0 Å². The maximum atomic E-state index is 4.58. The van der Waals surface area contributed by atoms with Gasteiger partial charge in [0.1, 0.15) is 0 Å². The summed E-state index contributed by atoms with van der Waals surface area (Å²) in [6.45, 7) is 2.10. The van der Waals surface area contributed by atoms with Crippen molar-refractivity contribution >= 4 is 11.0 Å². The van der Waals surface area contributed by atoms with E-state index in [2.05, 4.69) is 53.3 Å². The number of hydrogen-bond donors (Lipinski definition) is 0. The van der Waals surface area contributed by atoms with Crippen LogP contribution >= 0.6 is 0 Å². The van der Waals surface area contributed by atoms with Crippen LogP contribution in [0.1, 0.15) is 16.8 Å². The molecule has 0 bridgehead atoms. The van der Waals surface area contributed by atoms with Gasteiger partial charge in [-0.3, -0.25) is 0 Å². The van der Waals surface area contributed by atoms with E-state index in [0.717, 1.165) is 23.1 Å². The molecule has 0 aliphatic carbocycles. The summed E-state index contributed by atoms with van der Waals surface area (Å²) in [6, 6.07) is 16.7. The lowest BCUT2D eigenvalue weighted by molar-refractivity contribution is 1.08. The van der Waals surface area contributed by atoms with E-state index in [4.69, 9.17) is 0 Å². The maximum absolute atomic E-state index is 4.58. The molecule has 2 heteroatoms. The third-order valence-electron chi connectivity index (χ3n) is 3.03. The number of pyridine rings is 2. The average Bonchev–Trinajstić information content (AvgIpc) is 2.41. The van der Waals surface area contributed by atoms with Gasteiger partial charge in [-0.05, 0) is 36.8 Å². The molecule has 0 radical (unpaired) electrons. The summed E-state index contributed by atoms with van der Waals surface area (Å²) >= 11 is 0. The number of aromatic nitrogens is 2. The predicted octanol–water partition coefficient (Wildman–Crippen LogP) is 3.53. The normalized spacial score (nSPS) is 10.7. The smallest absolute Gasteiger partial charge is 0.159 e. The Balaban J connectivity index is 1.92. The van der Waals surface area contributed by atoms with Gasteiger partial charge in [0.15, 0.2) is 5.65 Å². The Morgan fingerprint density at radius 2 is 1.78 bits per heavy atom. The molecule has 0 amide bonds. The molecule has 2 aromatic heterocycles. The molecule has 0 unspecified atom stereocenters. The largest absolute Gasteiger partial charge is 0.237 e. The van der Waals surface area contributed by atoms with Crippen LogP contribution in [0.5, 0.6) is 0 Å². The number of rotatable bonds is 2. The summed E-state index contributed by atoms with van der Waals surface area (Å²) in [5.41, 5.74) is 4.45. The lowest BCUT2D eigenvalue weighted by atomic mass is 10.1. The molecular formula is C16H14N2. The van der Waals surface area contributed by atoms with Crippen molar-refractivity contribution in [1.82, 2.24) is 9.97 Å². The highest BCUT2D eigenvalue weighted by atomic mass is 14.8. The minimum absolute atomic E-state index is 0.821.